The molecule has 1 heterocycles. The summed E-state index contributed by atoms with van der Waals surface area (Å²) in [5.41, 5.74) is 0. The summed E-state index contributed by atoms with van der Waals surface area (Å²) in [7, 11) is -3.36. The van der Waals surface area contributed by atoms with Crippen molar-refractivity contribution in [2.75, 3.05) is 12.8 Å². The first-order valence-corrected chi connectivity index (χ1v) is 8.43. The minimum absolute atomic E-state index is 0.134. The highest BCUT2D eigenvalue weighted by Crippen LogP contribution is 2.55. The Kier molecular flexibility index (Phi) is 2.55. The predicted octanol–water partition coefficient (Wildman–Crippen LogP) is -0.353. The molecule has 0 aromatic carbocycles. The Morgan fingerprint density at radius 2 is 2.00 bits per heavy atom. The van der Waals surface area contributed by atoms with Gasteiger partial charge in [0.05, 0.1) is 12.1 Å². The lowest BCUT2D eigenvalue weighted by molar-refractivity contribution is -0.133. The lowest BCUT2D eigenvalue weighted by Gasteiger charge is -2.30. The molecule has 5 nitrogen and oxygen atoms in total. The molecule has 3 fully saturated rings. The minimum Gasteiger partial charge on any atom is -0.391 e. The van der Waals surface area contributed by atoms with Crippen LogP contribution in [0, 0.1) is 17.8 Å². The molecule has 0 aromatic rings. The molecule has 2 bridgehead atoms. The van der Waals surface area contributed by atoms with Gasteiger partial charge in [-0.25, -0.2) is 8.42 Å². The van der Waals surface area contributed by atoms with Crippen molar-refractivity contribution < 1.29 is 18.3 Å². The van der Waals surface area contributed by atoms with Crippen molar-refractivity contribution in [2.24, 2.45) is 17.8 Å². The van der Waals surface area contributed by atoms with Crippen LogP contribution in [-0.4, -0.2) is 54.5 Å². The van der Waals surface area contributed by atoms with E-state index in [1.165, 1.54) is 6.92 Å². The lowest BCUT2D eigenvalue weighted by Crippen LogP contribution is -2.48. The van der Waals surface area contributed by atoms with E-state index in [9.17, 15) is 18.3 Å². The standard InChI is InChI=1S/C12H19NO4S/c1-6(18(2,16)17)12(15)13-5-8-3-7-4-9(8)10(13)11(7)14/h6-11,14H,3-5H2,1-2H3. The summed E-state index contributed by atoms with van der Waals surface area (Å²) < 4.78 is 23.0. The Morgan fingerprint density at radius 1 is 1.33 bits per heavy atom. The van der Waals surface area contributed by atoms with Gasteiger partial charge in [0.2, 0.25) is 5.91 Å². The molecule has 3 rings (SSSR count). The second-order valence-electron chi connectivity index (χ2n) is 6.10. The van der Waals surface area contributed by atoms with Crippen LogP contribution in [0.25, 0.3) is 0 Å². The van der Waals surface area contributed by atoms with Crippen LogP contribution in [0.3, 0.4) is 0 Å². The average molecular weight is 273 g/mol. The van der Waals surface area contributed by atoms with Crippen LogP contribution in [0.1, 0.15) is 19.8 Å². The van der Waals surface area contributed by atoms with Gasteiger partial charge in [0.25, 0.3) is 0 Å². The smallest absolute Gasteiger partial charge is 0.240 e. The van der Waals surface area contributed by atoms with Crippen molar-refractivity contribution in [3.8, 4) is 0 Å². The first-order valence-electron chi connectivity index (χ1n) is 6.48. The Balaban J connectivity index is 1.85. The van der Waals surface area contributed by atoms with Gasteiger partial charge in [-0.3, -0.25) is 4.79 Å². The molecule has 6 atom stereocenters. The number of hydrogen-bond acceptors (Lipinski definition) is 4. The number of likely N-dealkylation sites (tertiary alicyclic amines) is 1. The summed E-state index contributed by atoms with van der Waals surface area (Å²) in [5.74, 6) is 0.841. The van der Waals surface area contributed by atoms with Crippen LogP contribution < -0.4 is 0 Å². The number of rotatable bonds is 2. The lowest BCUT2D eigenvalue weighted by atomic mass is 9.88. The Bertz CT molecular complexity index is 486. The maximum atomic E-state index is 12.3. The fourth-order valence-electron chi connectivity index (χ4n) is 4.08. The predicted molar refractivity (Wildman–Crippen MR) is 65.5 cm³/mol. The molecule has 3 aliphatic rings. The second kappa shape index (κ2) is 3.70. The van der Waals surface area contributed by atoms with E-state index in [4.69, 9.17) is 0 Å². The maximum Gasteiger partial charge on any atom is 0.240 e. The van der Waals surface area contributed by atoms with Gasteiger partial charge in [-0.05, 0) is 37.5 Å². The number of fused-ring (bicyclic) bond motifs is 1. The second-order valence-corrected chi connectivity index (χ2v) is 8.47. The van der Waals surface area contributed by atoms with E-state index in [1.807, 2.05) is 0 Å². The van der Waals surface area contributed by atoms with Crippen molar-refractivity contribution in [3.05, 3.63) is 0 Å². The largest absolute Gasteiger partial charge is 0.391 e. The molecule has 2 aliphatic carbocycles. The molecule has 1 saturated heterocycles. The Labute approximate surface area is 107 Å². The van der Waals surface area contributed by atoms with E-state index in [2.05, 4.69) is 0 Å². The number of aliphatic hydroxyl groups is 1. The van der Waals surface area contributed by atoms with Gasteiger partial charge in [0.15, 0.2) is 9.84 Å². The first-order chi connectivity index (χ1) is 8.30. The van der Waals surface area contributed by atoms with E-state index in [0.29, 0.717) is 24.3 Å². The van der Waals surface area contributed by atoms with Crippen molar-refractivity contribution >= 4 is 15.7 Å². The number of aliphatic hydroxyl groups excluding tert-OH is 1. The van der Waals surface area contributed by atoms with Crippen molar-refractivity contribution in [1.29, 1.82) is 0 Å². The number of hydrogen-bond donors (Lipinski definition) is 1. The highest BCUT2D eigenvalue weighted by atomic mass is 32.2. The molecule has 1 amide bonds. The summed E-state index contributed by atoms with van der Waals surface area (Å²) in [4.78, 5) is 13.9. The molecule has 0 aromatic heterocycles. The number of carbonyl (C=O) groups excluding carboxylic acids is 1. The third-order valence-corrected chi connectivity index (χ3v) is 6.61. The van der Waals surface area contributed by atoms with Gasteiger partial charge in [-0.1, -0.05) is 0 Å². The topological polar surface area (TPSA) is 74.7 Å². The Hall–Kier alpha value is -0.620. The van der Waals surface area contributed by atoms with Crippen LogP contribution in [0.4, 0.5) is 0 Å². The maximum absolute atomic E-state index is 12.3. The third kappa shape index (κ3) is 1.54. The van der Waals surface area contributed by atoms with Gasteiger partial charge in [-0.2, -0.15) is 0 Å². The van der Waals surface area contributed by atoms with Crippen molar-refractivity contribution in [1.82, 2.24) is 4.90 Å². The van der Waals surface area contributed by atoms with Gasteiger partial charge in [-0.15, -0.1) is 0 Å². The molecule has 0 spiro atoms. The molecule has 1 N–H and O–H groups in total. The molecular formula is C12H19NO4S. The molecule has 0 radical (unpaired) electrons. The highest BCUT2D eigenvalue weighted by molar-refractivity contribution is 7.92. The van der Waals surface area contributed by atoms with Gasteiger partial charge >= 0.3 is 0 Å². The minimum atomic E-state index is -3.36. The first kappa shape index (κ1) is 12.4. The molecular weight excluding hydrogens is 254 g/mol. The summed E-state index contributed by atoms with van der Waals surface area (Å²) in [6.45, 7) is 2.07. The van der Waals surface area contributed by atoms with Crippen molar-refractivity contribution in [2.45, 2.75) is 37.2 Å². The average Bonchev–Trinajstić information content (AvgIpc) is 2.85. The molecule has 6 heteroatoms. The SMILES string of the molecule is CC(C(=O)N1CC2CC3CC2C1C3O)S(C)(=O)=O. The number of amides is 1. The number of nitrogens with zero attached hydrogens (tertiary/aromatic N) is 1. The summed E-state index contributed by atoms with van der Waals surface area (Å²) in [6, 6.07) is -0.134. The van der Waals surface area contributed by atoms with E-state index >= 15 is 0 Å². The van der Waals surface area contributed by atoms with Crippen LogP contribution in [0.5, 0.6) is 0 Å². The number of carbonyl (C=O) groups is 1. The van der Waals surface area contributed by atoms with Gasteiger partial charge < -0.3 is 10.0 Å². The van der Waals surface area contributed by atoms with E-state index in [-0.39, 0.29) is 11.9 Å². The zero-order valence-corrected chi connectivity index (χ0v) is 11.4. The van der Waals surface area contributed by atoms with Crippen LogP contribution in [0.2, 0.25) is 0 Å². The Morgan fingerprint density at radius 3 is 2.56 bits per heavy atom. The molecule has 1 aliphatic heterocycles. The fraction of sp³-hybridized carbons (Fsp3) is 0.917. The van der Waals surface area contributed by atoms with E-state index in [0.717, 1.165) is 19.1 Å². The zero-order chi connectivity index (χ0) is 13.2. The summed E-state index contributed by atoms with van der Waals surface area (Å²) >= 11 is 0. The normalized spacial score (nSPS) is 43.5. The van der Waals surface area contributed by atoms with Crippen LogP contribution in [-0.2, 0) is 14.6 Å². The fourth-order valence-corrected chi connectivity index (χ4v) is 4.59. The monoisotopic (exact) mass is 273 g/mol. The van der Waals surface area contributed by atoms with E-state index < -0.39 is 21.2 Å². The van der Waals surface area contributed by atoms with Gasteiger partial charge in [0, 0.05) is 12.8 Å². The third-order valence-electron chi connectivity index (χ3n) is 5.12. The zero-order valence-electron chi connectivity index (χ0n) is 10.6. The molecule has 18 heavy (non-hydrogen) atoms. The summed E-state index contributed by atoms with van der Waals surface area (Å²) in [5, 5.41) is 9.17. The highest BCUT2D eigenvalue weighted by Gasteiger charge is 2.60. The quantitative estimate of drug-likeness (QED) is 0.746. The van der Waals surface area contributed by atoms with E-state index in [1.54, 1.807) is 4.90 Å². The van der Waals surface area contributed by atoms with Crippen LogP contribution >= 0.6 is 0 Å². The molecule has 6 unspecified atom stereocenters. The van der Waals surface area contributed by atoms with Gasteiger partial charge in [0.1, 0.15) is 5.25 Å². The van der Waals surface area contributed by atoms with Crippen LogP contribution in [0.15, 0.2) is 0 Å². The molecule has 2 saturated carbocycles. The molecule has 102 valence electrons. The van der Waals surface area contributed by atoms with Crippen molar-refractivity contribution in [3.63, 3.8) is 0 Å². The number of sulfone groups is 1. The summed E-state index contributed by atoms with van der Waals surface area (Å²) in [6.07, 6.45) is 2.62.